The molecule has 0 spiro atoms. The lowest BCUT2D eigenvalue weighted by Crippen LogP contribution is -2.55. The molecule has 3 atom stereocenters. The maximum atomic E-state index is 13.5. The molecule has 10 nitrogen and oxygen atoms in total. The molecule has 10 heteroatoms. The molecule has 9 rings (SSSR count). The van der Waals surface area contributed by atoms with Gasteiger partial charge in [-0.15, -0.1) is 0 Å². The van der Waals surface area contributed by atoms with E-state index in [-0.39, 0.29) is 24.5 Å². The van der Waals surface area contributed by atoms with E-state index in [2.05, 4.69) is 81.5 Å². The number of hydrogen-bond acceptors (Lipinski definition) is 8. The number of fused-ring (bicyclic) bond motifs is 3. The van der Waals surface area contributed by atoms with Crippen LogP contribution in [0.1, 0.15) is 89.3 Å². The first-order valence-electron chi connectivity index (χ1n) is 20.6. The van der Waals surface area contributed by atoms with Crippen molar-refractivity contribution in [2.45, 2.75) is 70.0 Å². The third kappa shape index (κ3) is 7.01. The predicted molar refractivity (Wildman–Crippen MR) is 221 cm³/mol. The van der Waals surface area contributed by atoms with E-state index in [0.29, 0.717) is 29.1 Å². The zero-order valence-electron chi connectivity index (χ0n) is 32.4. The van der Waals surface area contributed by atoms with Crippen LogP contribution in [0, 0.1) is 5.92 Å². The van der Waals surface area contributed by atoms with Gasteiger partial charge in [0.15, 0.2) is 0 Å². The summed E-state index contributed by atoms with van der Waals surface area (Å²) in [7, 11) is 0. The number of amides is 4. The average Bonchev–Trinajstić information content (AvgIpc) is 3.60. The summed E-state index contributed by atoms with van der Waals surface area (Å²) in [6.07, 6.45) is 5.75. The molecule has 4 saturated heterocycles. The normalized spacial score (nSPS) is 23.2. The first-order chi connectivity index (χ1) is 27.7. The van der Waals surface area contributed by atoms with Gasteiger partial charge in [0.25, 0.3) is 11.8 Å². The highest BCUT2D eigenvalue weighted by molar-refractivity contribution is 6.23. The summed E-state index contributed by atoms with van der Waals surface area (Å²) in [6, 6.07) is 32.6. The Morgan fingerprint density at radius 1 is 0.684 bits per heavy atom. The Morgan fingerprint density at radius 2 is 1.32 bits per heavy atom. The zero-order valence-corrected chi connectivity index (χ0v) is 32.4. The van der Waals surface area contributed by atoms with Crippen LogP contribution in [-0.4, -0.2) is 89.4 Å². The number of phenolic OH excluding ortho intramolecular Hbond substituents is 1. The number of carbonyl (C=O) groups excluding carboxylic acids is 4. The van der Waals surface area contributed by atoms with Crippen molar-refractivity contribution in [2.75, 3.05) is 42.5 Å². The second-order valence-electron chi connectivity index (χ2n) is 16.3. The smallest absolute Gasteiger partial charge is 0.262 e. The first-order valence-corrected chi connectivity index (χ1v) is 20.6. The van der Waals surface area contributed by atoms with E-state index in [1.54, 1.807) is 18.2 Å². The van der Waals surface area contributed by atoms with Crippen LogP contribution in [0.15, 0.2) is 97.1 Å². The molecule has 0 aliphatic carbocycles. The molecule has 292 valence electrons. The number of piperazine rings is 1. The maximum absolute atomic E-state index is 13.5. The molecule has 4 fully saturated rings. The minimum atomic E-state index is -0.960. The molecule has 0 radical (unpaired) electrons. The van der Waals surface area contributed by atoms with Crippen LogP contribution in [-0.2, 0) is 9.59 Å². The van der Waals surface area contributed by atoms with E-state index in [1.165, 1.54) is 28.0 Å². The Kier molecular flexibility index (Phi) is 9.90. The average molecular weight is 764 g/mol. The van der Waals surface area contributed by atoms with E-state index in [1.807, 2.05) is 24.3 Å². The lowest BCUT2D eigenvalue weighted by Gasteiger charge is -2.44. The van der Waals surface area contributed by atoms with Gasteiger partial charge in [-0.3, -0.25) is 34.3 Å². The first kappa shape index (κ1) is 36.9. The third-order valence-corrected chi connectivity index (χ3v) is 13.0. The molecule has 0 aromatic heterocycles. The van der Waals surface area contributed by atoms with Gasteiger partial charge in [0.1, 0.15) is 11.8 Å². The molecule has 2 bridgehead atoms. The minimum Gasteiger partial charge on any atom is -0.508 e. The molecule has 4 aromatic carbocycles. The molecule has 4 aromatic rings. The van der Waals surface area contributed by atoms with Crippen LogP contribution in [0.3, 0.4) is 0 Å². The maximum Gasteiger partial charge on any atom is 0.262 e. The van der Waals surface area contributed by atoms with Crippen molar-refractivity contribution in [2.24, 2.45) is 5.92 Å². The van der Waals surface area contributed by atoms with Gasteiger partial charge < -0.3 is 14.9 Å². The number of phenols is 1. The fourth-order valence-electron chi connectivity index (χ4n) is 9.97. The van der Waals surface area contributed by atoms with Gasteiger partial charge in [0, 0.05) is 62.6 Å². The Bertz CT molecular complexity index is 2210. The Morgan fingerprint density at radius 3 is 1.96 bits per heavy atom. The summed E-state index contributed by atoms with van der Waals surface area (Å²) in [5, 5.41) is 12.3. The number of carbonyl (C=O) groups is 4. The second kappa shape index (κ2) is 15.3. The number of rotatable bonds is 9. The van der Waals surface area contributed by atoms with Crippen molar-refractivity contribution in [3.63, 3.8) is 0 Å². The molecule has 5 aliphatic rings. The number of imide groups is 2. The Hall–Kier alpha value is -5.74. The molecular weight excluding hydrogens is 715 g/mol. The monoisotopic (exact) mass is 763 g/mol. The standard InChI is InChI=1S/C47H49N5O5/c1-2-39(31-6-4-3-5-7-31)44(33-10-17-38(53)18-11-33)32-8-12-34(13-9-32)49-24-22-30(23-25-49)27-51-36-14-15-37(51)29-50(28-36)35-16-19-40-41(26-35)47(57)52(46(40)56)42-20-21-43(54)48-45(42)55/h3-13,16-19,26,30,36-37,42,53H,2,14-15,20-25,27-29H2,1H3,(H,48,54,55). The topological polar surface area (TPSA) is 114 Å². The van der Waals surface area contributed by atoms with E-state index in [4.69, 9.17) is 0 Å². The number of allylic oxidation sites excluding steroid dienone is 1. The van der Waals surface area contributed by atoms with E-state index < -0.39 is 23.8 Å². The highest BCUT2D eigenvalue weighted by Gasteiger charge is 2.46. The lowest BCUT2D eigenvalue weighted by atomic mass is 9.88. The van der Waals surface area contributed by atoms with Crippen molar-refractivity contribution in [3.8, 4) is 5.75 Å². The summed E-state index contributed by atoms with van der Waals surface area (Å²) in [5.41, 5.74) is 8.80. The molecule has 2 N–H and O–H groups in total. The highest BCUT2D eigenvalue weighted by Crippen LogP contribution is 2.39. The number of anilines is 2. The molecule has 4 amide bonds. The number of piperidine rings is 2. The fourth-order valence-corrected chi connectivity index (χ4v) is 9.97. The highest BCUT2D eigenvalue weighted by atomic mass is 16.3. The van der Waals surface area contributed by atoms with Gasteiger partial charge in [-0.05, 0) is 115 Å². The van der Waals surface area contributed by atoms with Gasteiger partial charge in [0.05, 0.1) is 11.1 Å². The van der Waals surface area contributed by atoms with Gasteiger partial charge in [0.2, 0.25) is 11.8 Å². The molecule has 57 heavy (non-hydrogen) atoms. The van der Waals surface area contributed by atoms with Crippen molar-refractivity contribution in [1.29, 1.82) is 0 Å². The minimum absolute atomic E-state index is 0.104. The molecule has 5 aliphatic heterocycles. The number of hydrogen-bond donors (Lipinski definition) is 2. The Labute approximate surface area is 333 Å². The van der Waals surface area contributed by atoms with Gasteiger partial charge in [-0.1, -0.05) is 61.5 Å². The van der Waals surface area contributed by atoms with E-state index >= 15 is 0 Å². The SMILES string of the molecule is CCC(=C(c1ccc(O)cc1)c1ccc(N2CCC(CN3C4CCC3CN(c3ccc5c(c3)C(=O)N(C3CCC(=O)NC3=O)C5=O)C4)CC2)cc1)c1ccccc1. The zero-order chi connectivity index (χ0) is 39.2. The van der Waals surface area contributed by atoms with E-state index in [9.17, 15) is 24.3 Å². The van der Waals surface area contributed by atoms with Gasteiger partial charge in [-0.25, -0.2) is 0 Å². The molecular formula is C47H49N5O5. The van der Waals surface area contributed by atoms with Crippen LogP contribution >= 0.6 is 0 Å². The molecule has 3 unspecified atom stereocenters. The summed E-state index contributed by atoms with van der Waals surface area (Å²) in [5.74, 6) is -0.992. The van der Waals surface area contributed by atoms with Crippen LogP contribution in [0.2, 0.25) is 0 Å². The lowest BCUT2D eigenvalue weighted by molar-refractivity contribution is -0.136. The second-order valence-corrected chi connectivity index (χ2v) is 16.3. The number of aromatic hydroxyl groups is 1. The number of nitrogens with one attached hydrogen (secondary N) is 1. The fraction of sp³-hybridized carbons (Fsp3) is 0.362. The summed E-state index contributed by atoms with van der Waals surface area (Å²) in [6.45, 7) is 7.13. The molecule has 0 saturated carbocycles. The van der Waals surface area contributed by atoms with Crippen molar-refractivity contribution < 1.29 is 24.3 Å². The van der Waals surface area contributed by atoms with Crippen molar-refractivity contribution in [3.05, 3.63) is 125 Å². The summed E-state index contributed by atoms with van der Waals surface area (Å²) < 4.78 is 0. The Balaban J connectivity index is 0.830. The number of benzene rings is 4. The molecule has 5 heterocycles. The predicted octanol–water partition coefficient (Wildman–Crippen LogP) is 6.73. The van der Waals surface area contributed by atoms with Crippen LogP contribution < -0.4 is 15.1 Å². The van der Waals surface area contributed by atoms with Crippen molar-refractivity contribution in [1.82, 2.24) is 15.1 Å². The van der Waals surface area contributed by atoms with Crippen LogP contribution in [0.4, 0.5) is 11.4 Å². The third-order valence-electron chi connectivity index (χ3n) is 13.0. The van der Waals surface area contributed by atoms with Crippen LogP contribution in [0.5, 0.6) is 5.75 Å². The summed E-state index contributed by atoms with van der Waals surface area (Å²) >= 11 is 0. The van der Waals surface area contributed by atoms with Gasteiger partial charge in [-0.2, -0.15) is 0 Å². The van der Waals surface area contributed by atoms with Gasteiger partial charge >= 0.3 is 0 Å². The quantitative estimate of drug-likeness (QED) is 0.143. The van der Waals surface area contributed by atoms with Crippen molar-refractivity contribution >= 4 is 46.1 Å². The largest absolute Gasteiger partial charge is 0.508 e. The number of nitrogens with zero attached hydrogens (tertiary/aromatic N) is 4. The van der Waals surface area contributed by atoms with Crippen LogP contribution in [0.25, 0.3) is 11.1 Å². The van der Waals surface area contributed by atoms with E-state index in [0.717, 1.165) is 81.0 Å². The summed E-state index contributed by atoms with van der Waals surface area (Å²) in [4.78, 5) is 59.6.